The fraction of sp³-hybridized carbons (Fsp3) is 0. The van der Waals surface area contributed by atoms with Crippen LogP contribution in [0.5, 0.6) is 0 Å². The smallest absolute Gasteiger partial charge is 0.323 e. The van der Waals surface area contributed by atoms with E-state index in [2.05, 4.69) is 12.2 Å². The van der Waals surface area contributed by atoms with Crippen molar-refractivity contribution in [1.29, 1.82) is 0 Å². The Kier molecular flexibility index (Phi) is 1.68. The Labute approximate surface area is 35.5 Å². The van der Waals surface area contributed by atoms with Crippen LogP contribution < -0.4 is 11.1 Å². The van der Waals surface area contributed by atoms with Crippen molar-refractivity contribution in [3.8, 4) is 12.5 Å². The molecule has 0 unspecified atom stereocenters. The maximum atomic E-state index is 9.57. The van der Waals surface area contributed by atoms with E-state index in [1.807, 2.05) is 11.4 Å². The summed E-state index contributed by atoms with van der Waals surface area (Å²) in [7, 11) is 0. The highest BCUT2D eigenvalue weighted by molar-refractivity contribution is 5.73. The fourth-order valence-corrected chi connectivity index (χ4v) is 0.0711. The maximum absolute atomic E-state index is 9.57. The Morgan fingerprint density at radius 2 is 2.50 bits per heavy atom. The van der Waals surface area contributed by atoms with Crippen molar-refractivity contribution in [2.45, 2.75) is 0 Å². The molecule has 6 heavy (non-hydrogen) atoms. The highest BCUT2D eigenvalue weighted by atomic mass is 16.2. The summed E-state index contributed by atoms with van der Waals surface area (Å²) in [5.74, 6) is 0. The first-order valence-electron chi connectivity index (χ1n) is 1.28. The Hall–Kier alpha value is -1.17. The summed E-state index contributed by atoms with van der Waals surface area (Å²) in [6.07, 6.45) is 4.57. The molecule has 0 rings (SSSR count). The van der Waals surface area contributed by atoms with Gasteiger partial charge in [-0.05, 0) is 0 Å². The van der Waals surface area contributed by atoms with E-state index in [4.69, 9.17) is 0 Å². The van der Waals surface area contributed by atoms with Gasteiger partial charge in [-0.3, -0.25) is 5.32 Å². The number of amides is 2. The quantitative estimate of drug-likeness (QED) is 0.294. The van der Waals surface area contributed by atoms with Gasteiger partial charge in [-0.15, -0.1) is 0 Å². The zero-order valence-corrected chi connectivity index (χ0v) is 3.06. The standard InChI is InChI=1S/C3H4N2O/c1-2-5-3(4)6/h1H,(H3,4,5,6). The molecule has 0 fully saturated rings. The van der Waals surface area contributed by atoms with E-state index in [0.717, 1.165) is 0 Å². The van der Waals surface area contributed by atoms with E-state index in [9.17, 15) is 4.79 Å². The van der Waals surface area contributed by atoms with Gasteiger partial charge in [0.05, 0.1) is 0 Å². The topological polar surface area (TPSA) is 55.1 Å². The average molecular weight is 84.1 g/mol. The van der Waals surface area contributed by atoms with Crippen LogP contribution in [-0.2, 0) is 0 Å². The third-order valence-electron chi connectivity index (χ3n) is 0.195. The van der Waals surface area contributed by atoms with Crippen LogP contribution in [0.2, 0.25) is 0 Å². The van der Waals surface area contributed by atoms with E-state index >= 15 is 0 Å². The molecule has 0 aliphatic rings. The summed E-state index contributed by atoms with van der Waals surface area (Å²) in [6, 6.07) is 1.15. The minimum Gasteiger partial charge on any atom is -0.351 e. The van der Waals surface area contributed by atoms with Gasteiger partial charge >= 0.3 is 6.03 Å². The Balaban J connectivity index is 3.13. The monoisotopic (exact) mass is 84.0 g/mol. The molecular formula is C3H4N2O. The van der Waals surface area contributed by atoms with Crippen molar-refractivity contribution in [3.63, 3.8) is 0 Å². The molecule has 0 saturated heterocycles. The van der Waals surface area contributed by atoms with Gasteiger partial charge in [-0.2, -0.15) is 0 Å². The molecule has 0 aliphatic carbocycles. The number of urea groups is 1. The Morgan fingerprint density at radius 3 is 2.50 bits per heavy atom. The zero-order valence-electron chi connectivity index (χ0n) is 3.06. The molecule has 0 aromatic rings. The second kappa shape index (κ2) is 2.09. The number of hydrogen-bond acceptors (Lipinski definition) is 1. The van der Waals surface area contributed by atoms with Crippen LogP contribution in [0.25, 0.3) is 0 Å². The lowest BCUT2D eigenvalue weighted by Crippen LogP contribution is -2.24. The molecule has 3 heteroatoms. The lowest BCUT2D eigenvalue weighted by Gasteiger charge is -1.79. The highest BCUT2D eigenvalue weighted by Crippen LogP contribution is 1.43. The van der Waals surface area contributed by atoms with Crippen LogP contribution in [0, 0.1) is 12.5 Å². The van der Waals surface area contributed by atoms with Crippen LogP contribution >= 0.6 is 0 Å². The minimum atomic E-state index is -0.697. The third-order valence-corrected chi connectivity index (χ3v) is 0.195. The normalized spacial score (nSPS) is 5.83. The SMILES string of the molecule is C#CNC(N)=O. The summed E-state index contributed by atoms with van der Waals surface area (Å²) in [6.45, 7) is 0. The molecule has 0 heterocycles. The van der Waals surface area contributed by atoms with E-state index in [1.165, 1.54) is 0 Å². The van der Waals surface area contributed by atoms with Gasteiger partial charge < -0.3 is 5.73 Å². The van der Waals surface area contributed by atoms with Crippen molar-refractivity contribution >= 4 is 6.03 Å². The first-order chi connectivity index (χ1) is 2.77. The van der Waals surface area contributed by atoms with Gasteiger partial charge in [-0.25, -0.2) is 4.79 Å². The van der Waals surface area contributed by atoms with Crippen molar-refractivity contribution in [2.24, 2.45) is 5.73 Å². The van der Waals surface area contributed by atoms with Crippen molar-refractivity contribution in [2.75, 3.05) is 0 Å². The summed E-state index contributed by atoms with van der Waals surface area (Å²) in [4.78, 5) is 9.57. The second-order valence-corrected chi connectivity index (χ2v) is 0.634. The average Bonchev–Trinajstić information content (AvgIpc) is 1.35. The lowest BCUT2D eigenvalue weighted by atomic mass is 11.0. The van der Waals surface area contributed by atoms with Gasteiger partial charge in [0.15, 0.2) is 0 Å². The van der Waals surface area contributed by atoms with Crippen molar-refractivity contribution < 1.29 is 4.79 Å². The molecule has 0 aliphatic heterocycles. The van der Waals surface area contributed by atoms with Gasteiger partial charge in [0.1, 0.15) is 0 Å². The van der Waals surface area contributed by atoms with Gasteiger partial charge in [-0.1, -0.05) is 6.42 Å². The number of nitrogens with one attached hydrogen (secondary N) is 1. The number of carbonyl (C=O) groups excluding carboxylic acids is 1. The molecule has 0 aromatic heterocycles. The van der Waals surface area contributed by atoms with Crippen LogP contribution in [-0.4, -0.2) is 6.03 Å². The van der Waals surface area contributed by atoms with Crippen molar-refractivity contribution in [1.82, 2.24) is 5.32 Å². The molecule has 0 aromatic carbocycles. The van der Waals surface area contributed by atoms with Crippen molar-refractivity contribution in [3.05, 3.63) is 0 Å². The number of carbonyl (C=O) groups is 1. The number of rotatable bonds is 0. The van der Waals surface area contributed by atoms with Crippen LogP contribution in [0.4, 0.5) is 4.79 Å². The summed E-state index contributed by atoms with van der Waals surface area (Å²) < 4.78 is 0. The molecule has 0 saturated carbocycles. The zero-order chi connectivity index (χ0) is 4.99. The van der Waals surface area contributed by atoms with Crippen LogP contribution in [0.3, 0.4) is 0 Å². The largest absolute Gasteiger partial charge is 0.351 e. The van der Waals surface area contributed by atoms with Gasteiger partial charge in [0.2, 0.25) is 0 Å². The predicted molar refractivity (Wildman–Crippen MR) is 21.6 cm³/mol. The predicted octanol–water partition coefficient (Wildman–Crippen LogP) is -0.755. The van der Waals surface area contributed by atoms with Crippen LogP contribution in [0.1, 0.15) is 0 Å². The van der Waals surface area contributed by atoms with Crippen LogP contribution in [0.15, 0.2) is 0 Å². The Morgan fingerprint density at radius 1 is 2.00 bits per heavy atom. The number of hydrogen-bond donors (Lipinski definition) is 2. The molecular weight excluding hydrogens is 80.0 g/mol. The Bertz CT molecular complexity index is 91.5. The summed E-state index contributed by atoms with van der Waals surface area (Å²) >= 11 is 0. The molecule has 2 amide bonds. The minimum absolute atomic E-state index is 0.697. The third kappa shape index (κ3) is 2.83. The second-order valence-electron chi connectivity index (χ2n) is 0.634. The van der Waals surface area contributed by atoms with Gasteiger partial charge in [0, 0.05) is 6.04 Å². The van der Waals surface area contributed by atoms with E-state index < -0.39 is 6.03 Å². The molecule has 0 bridgehead atoms. The van der Waals surface area contributed by atoms with E-state index in [0.29, 0.717) is 0 Å². The summed E-state index contributed by atoms with van der Waals surface area (Å²) in [5, 5.41) is 1.88. The molecule has 3 N–H and O–H groups in total. The fourth-order valence-electron chi connectivity index (χ4n) is 0.0711. The maximum Gasteiger partial charge on any atom is 0.323 e. The highest BCUT2D eigenvalue weighted by Gasteiger charge is 1.76. The molecule has 0 atom stereocenters. The molecule has 32 valence electrons. The van der Waals surface area contributed by atoms with Gasteiger partial charge in [0.25, 0.3) is 0 Å². The molecule has 0 radical (unpaired) electrons. The van der Waals surface area contributed by atoms with E-state index in [1.54, 1.807) is 0 Å². The molecule has 3 nitrogen and oxygen atoms in total. The number of terminal acetylenes is 1. The van der Waals surface area contributed by atoms with E-state index in [-0.39, 0.29) is 0 Å². The first-order valence-corrected chi connectivity index (χ1v) is 1.28. The first kappa shape index (κ1) is 4.83. The number of primary amides is 1. The molecule has 0 spiro atoms. The summed E-state index contributed by atoms with van der Waals surface area (Å²) in [5.41, 5.74) is 4.51. The lowest BCUT2D eigenvalue weighted by molar-refractivity contribution is 0.252. The number of nitrogens with two attached hydrogens (primary N) is 1.